The van der Waals surface area contributed by atoms with Gasteiger partial charge in [0, 0.05) is 23.7 Å². The van der Waals surface area contributed by atoms with E-state index < -0.39 is 20.5 Å². The van der Waals surface area contributed by atoms with Crippen molar-refractivity contribution in [1.82, 2.24) is 15.0 Å². The van der Waals surface area contributed by atoms with Crippen molar-refractivity contribution >= 4 is 38.7 Å². The zero-order valence-electron chi connectivity index (χ0n) is 15.1. The maximum Gasteiger partial charge on any atom is 0.264 e. The number of likely N-dealkylation sites (tertiary alicyclic amines) is 1. The number of rotatable bonds is 3. The quantitative estimate of drug-likeness (QED) is 0.609. The van der Waals surface area contributed by atoms with Crippen molar-refractivity contribution < 1.29 is 17.7 Å². The van der Waals surface area contributed by atoms with Crippen LogP contribution in [0.15, 0.2) is 46.3 Å². The normalized spacial score (nSPS) is 22.0. The number of carbonyl (C=O) groups excluding carboxylic acids is 1. The van der Waals surface area contributed by atoms with Gasteiger partial charge in [0.2, 0.25) is 11.7 Å². The predicted molar refractivity (Wildman–Crippen MR) is 109 cm³/mol. The van der Waals surface area contributed by atoms with Crippen molar-refractivity contribution in [1.29, 1.82) is 0 Å². The van der Waals surface area contributed by atoms with Gasteiger partial charge in [-0.3, -0.25) is 4.79 Å². The molecule has 0 aliphatic carbocycles. The fourth-order valence-electron chi connectivity index (χ4n) is 4.11. The van der Waals surface area contributed by atoms with E-state index in [1.54, 1.807) is 41.3 Å². The Hall–Kier alpha value is -2.23. The van der Waals surface area contributed by atoms with Crippen molar-refractivity contribution in [3.05, 3.63) is 57.6 Å². The highest BCUT2D eigenvalue weighted by Crippen LogP contribution is 2.50. The molecular formula is C19H16ClN3O4S2. The first-order valence-electron chi connectivity index (χ1n) is 9.04. The monoisotopic (exact) mass is 449 g/mol. The molecule has 7 nitrogen and oxygen atoms in total. The molecule has 2 fully saturated rings. The fraction of sp³-hybridized carbons (Fsp3) is 0.316. The Morgan fingerprint density at radius 3 is 2.69 bits per heavy atom. The lowest BCUT2D eigenvalue weighted by molar-refractivity contribution is 0.0509. The van der Waals surface area contributed by atoms with E-state index >= 15 is 0 Å². The number of hydrogen-bond acceptors (Lipinski definition) is 7. The molecule has 2 aliphatic heterocycles. The molecule has 1 unspecified atom stereocenters. The third-order valence-electron chi connectivity index (χ3n) is 5.71. The van der Waals surface area contributed by atoms with Crippen LogP contribution in [-0.2, 0) is 9.84 Å². The van der Waals surface area contributed by atoms with Crippen molar-refractivity contribution in [3.8, 4) is 11.4 Å². The number of carbonyl (C=O) groups is 1. The number of halogens is 1. The molecule has 0 N–H and O–H groups in total. The minimum Gasteiger partial charge on any atom is -0.339 e. The maximum absolute atomic E-state index is 12.9. The summed E-state index contributed by atoms with van der Waals surface area (Å²) in [4.78, 5) is 19.2. The van der Waals surface area contributed by atoms with E-state index in [1.165, 1.54) is 11.3 Å². The Morgan fingerprint density at radius 1 is 1.24 bits per heavy atom. The van der Waals surface area contributed by atoms with Crippen molar-refractivity contribution in [2.24, 2.45) is 0 Å². The molecule has 0 saturated carbocycles. The number of sulfone groups is 1. The molecule has 1 spiro atoms. The highest BCUT2D eigenvalue weighted by Gasteiger charge is 2.64. The van der Waals surface area contributed by atoms with Gasteiger partial charge >= 0.3 is 0 Å². The molecule has 2 saturated heterocycles. The molecule has 3 aromatic rings. The van der Waals surface area contributed by atoms with E-state index in [0.717, 1.165) is 5.56 Å². The summed E-state index contributed by atoms with van der Waals surface area (Å²) >= 11 is 7.26. The van der Waals surface area contributed by atoms with Gasteiger partial charge in [0.15, 0.2) is 9.84 Å². The predicted octanol–water partition coefficient (Wildman–Crippen LogP) is 3.25. The Kier molecular flexibility index (Phi) is 4.30. The van der Waals surface area contributed by atoms with Gasteiger partial charge in [-0.25, -0.2) is 8.42 Å². The van der Waals surface area contributed by atoms with Crippen LogP contribution in [0.2, 0.25) is 5.02 Å². The molecule has 1 amide bonds. The summed E-state index contributed by atoms with van der Waals surface area (Å²) < 4.78 is 30.2. The van der Waals surface area contributed by atoms with E-state index in [1.807, 2.05) is 5.38 Å². The van der Waals surface area contributed by atoms with Crippen LogP contribution >= 0.6 is 22.9 Å². The van der Waals surface area contributed by atoms with Crippen LogP contribution < -0.4 is 0 Å². The smallest absolute Gasteiger partial charge is 0.264 e. The fourth-order valence-corrected chi connectivity index (χ4v) is 7.24. The minimum absolute atomic E-state index is 0.0529. The second kappa shape index (κ2) is 6.65. The first-order valence-corrected chi connectivity index (χ1v) is 12.0. The van der Waals surface area contributed by atoms with Crippen molar-refractivity contribution in [3.63, 3.8) is 0 Å². The molecule has 0 bridgehead atoms. The van der Waals surface area contributed by atoms with E-state index in [9.17, 15) is 13.2 Å². The second-order valence-electron chi connectivity index (χ2n) is 7.33. The third-order valence-corrected chi connectivity index (χ3v) is 9.37. The number of thiophene rings is 1. The molecule has 0 radical (unpaired) electrons. The van der Waals surface area contributed by atoms with Gasteiger partial charge in [0.1, 0.15) is 4.75 Å². The van der Waals surface area contributed by atoms with E-state index in [-0.39, 0.29) is 24.7 Å². The molecule has 1 atom stereocenters. The summed E-state index contributed by atoms with van der Waals surface area (Å²) in [5.41, 5.74) is 0.738. The van der Waals surface area contributed by atoms with Gasteiger partial charge in [0.05, 0.1) is 16.5 Å². The van der Waals surface area contributed by atoms with Gasteiger partial charge < -0.3 is 9.42 Å². The van der Waals surface area contributed by atoms with Gasteiger partial charge in [-0.05, 0) is 42.1 Å². The zero-order chi connectivity index (χ0) is 20.2. The molecular weight excluding hydrogens is 434 g/mol. The number of aromatic nitrogens is 2. The van der Waals surface area contributed by atoms with Crippen LogP contribution in [-0.4, -0.2) is 53.0 Å². The standard InChI is InChI=1S/C19H16ClN3O4S2/c20-13-5-3-12(4-6-13)16-21-17(27-22-16)14-7-9-29(25,26)19(14)10-23(11-19)18(24)15-2-1-8-28-15/h1-6,8,14H,7,9-11H2. The number of benzene rings is 1. The van der Waals surface area contributed by atoms with Crippen LogP contribution in [0.5, 0.6) is 0 Å². The van der Waals surface area contributed by atoms with Crippen LogP contribution in [0.3, 0.4) is 0 Å². The molecule has 1 aromatic carbocycles. The van der Waals surface area contributed by atoms with Crippen molar-refractivity contribution in [2.75, 3.05) is 18.8 Å². The average molecular weight is 450 g/mol. The van der Waals surface area contributed by atoms with Gasteiger partial charge in [-0.1, -0.05) is 22.8 Å². The number of nitrogens with zero attached hydrogens (tertiary/aromatic N) is 3. The van der Waals surface area contributed by atoms with Crippen molar-refractivity contribution in [2.45, 2.75) is 17.1 Å². The second-order valence-corrected chi connectivity index (χ2v) is 11.2. The minimum atomic E-state index is -3.38. The lowest BCUT2D eigenvalue weighted by Gasteiger charge is -2.48. The molecule has 4 heterocycles. The summed E-state index contributed by atoms with van der Waals surface area (Å²) in [6.45, 7) is 0.296. The summed E-state index contributed by atoms with van der Waals surface area (Å²) in [7, 11) is -3.38. The van der Waals surface area contributed by atoms with Gasteiger partial charge in [0.25, 0.3) is 5.91 Å². The molecule has 10 heteroatoms. The highest BCUT2D eigenvalue weighted by molar-refractivity contribution is 7.93. The number of hydrogen-bond donors (Lipinski definition) is 0. The first-order chi connectivity index (χ1) is 13.9. The molecule has 29 heavy (non-hydrogen) atoms. The van der Waals surface area contributed by atoms with Crippen LogP contribution in [0.25, 0.3) is 11.4 Å². The molecule has 2 aliphatic rings. The highest BCUT2D eigenvalue weighted by atomic mass is 35.5. The van der Waals surface area contributed by atoms with Gasteiger partial charge in [-0.2, -0.15) is 4.98 Å². The van der Waals surface area contributed by atoms with Crippen LogP contribution in [0.4, 0.5) is 0 Å². The Labute approximate surface area is 176 Å². The third kappa shape index (κ3) is 2.91. The number of amides is 1. The maximum atomic E-state index is 12.9. The lowest BCUT2D eigenvalue weighted by Crippen LogP contribution is -2.67. The van der Waals surface area contributed by atoms with E-state index in [2.05, 4.69) is 10.1 Å². The van der Waals surface area contributed by atoms with E-state index in [4.69, 9.17) is 16.1 Å². The van der Waals surface area contributed by atoms with Gasteiger partial charge in [-0.15, -0.1) is 11.3 Å². The van der Waals surface area contributed by atoms with Crippen LogP contribution in [0, 0.1) is 0 Å². The molecule has 150 valence electrons. The Balaban J connectivity index is 1.42. The molecule has 5 rings (SSSR count). The summed E-state index contributed by atoms with van der Waals surface area (Å²) in [5, 5.41) is 6.45. The topological polar surface area (TPSA) is 93.4 Å². The largest absolute Gasteiger partial charge is 0.339 e. The Morgan fingerprint density at radius 2 is 2.00 bits per heavy atom. The van der Waals surface area contributed by atoms with Crippen LogP contribution in [0.1, 0.15) is 27.9 Å². The zero-order valence-corrected chi connectivity index (χ0v) is 17.5. The van der Waals surface area contributed by atoms with E-state index in [0.29, 0.717) is 28.0 Å². The SMILES string of the molecule is O=C(c1cccs1)N1CC2(C1)C(c1nc(-c3ccc(Cl)cc3)no1)CCS2(=O)=O. The summed E-state index contributed by atoms with van der Waals surface area (Å²) in [6, 6.07) is 10.6. The lowest BCUT2D eigenvalue weighted by atomic mass is 9.83. The average Bonchev–Trinajstić information content (AvgIpc) is 3.39. The summed E-state index contributed by atoms with van der Waals surface area (Å²) in [6.07, 6.45) is 0.408. The summed E-state index contributed by atoms with van der Waals surface area (Å²) in [5.74, 6) is 0.186. The Bertz CT molecular complexity index is 1170. The molecule has 2 aromatic heterocycles. The first kappa shape index (κ1) is 18.8.